The van der Waals surface area contributed by atoms with E-state index in [0.29, 0.717) is 11.1 Å². The molecule has 1 aromatic heterocycles. The van der Waals surface area contributed by atoms with E-state index in [1.165, 1.54) is 0 Å². The molecule has 0 fully saturated rings. The van der Waals surface area contributed by atoms with Crippen molar-refractivity contribution >= 4 is 11.9 Å². The highest BCUT2D eigenvalue weighted by Crippen LogP contribution is 2.24. The molecule has 2 rings (SSSR count). The summed E-state index contributed by atoms with van der Waals surface area (Å²) in [4.78, 5) is 24.3. The smallest absolute Gasteiger partial charge is 0.315 e. The van der Waals surface area contributed by atoms with Gasteiger partial charge in [-0.2, -0.15) is 0 Å². The van der Waals surface area contributed by atoms with E-state index >= 15 is 0 Å². The Bertz CT molecular complexity index is 749. The van der Waals surface area contributed by atoms with E-state index in [1.807, 2.05) is 32.9 Å². The minimum Gasteiger partial charge on any atom is -0.481 e. The molecule has 0 saturated heterocycles. The van der Waals surface area contributed by atoms with Gasteiger partial charge in [0, 0.05) is 24.5 Å². The average Bonchev–Trinajstić information content (AvgIpc) is 2.86. The second-order valence-electron chi connectivity index (χ2n) is 6.22. The molecular formula is C19H24N2O3. The van der Waals surface area contributed by atoms with Crippen LogP contribution >= 0.6 is 0 Å². The number of nitrogens with one attached hydrogen (secondary N) is 1. The third-order valence-corrected chi connectivity index (χ3v) is 4.62. The zero-order valence-electron chi connectivity index (χ0n) is 14.6. The molecule has 5 heteroatoms. The molecule has 0 aliphatic rings. The summed E-state index contributed by atoms with van der Waals surface area (Å²) in [6.45, 7) is 8.33. The van der Waals surface area contributed by atoms with Crippen molar-refractivity contribution in [3.8, 4) is 0 Å². The van der Waals surface area contributed by atoms with Crippen molar-refractivity contribution in [3.63, 3.8) is 0 Å². The molecule has 0 radical (unpaired) electrons. The Morgan fingerprint density at radius 1 is 1.21 bits per heavy atom. The topological polar surface area (TPSA) is 71.3 Å². The van der Waals surface area contributed by atoms with Crippen LogP contribution in [0.2, 0.25) is 0 Å². The van der Waals surface area contributed by atoms with E-state index in [4.69, 9.17) is 0 Å². The Hall–Kier alpha value is -2.56. The van der Waals surface area contributed by atoms with E-state index in [0.717, 1.165) is 17.9 Å². The number of aliphatic carboxylic acids is 1. The number of rotatable bonds is 6. The van der Waals surface area contributed by atoms with Crippen LogP contribution in [0.1, 0.15) is 41.2 Å². The van der Waals surface area contributed by atoms with Crippen molar-refractivity contribution in [2.24, 2.45) is 0 Å². The van der Waals surface area contributed by atoms with Gasteiger partial charge < -0.3 is 15.0 Å². The average molecular weight is 328 g/mol. The first-order chi connectivity index (χ1) is 11.3. The predicted octanol–water partition coefficient (Wildman–Crippen LogP) is 2.90. The number of carboxylic acids is 1. The Kier molecular flexibility index (Phi) is 5.12. The molecule has 0 spiro atoms. The summed E-state index contributed by atoms with van der Waals surface area (Å²) in [6, 6.07) is 10.8. The largest absolute Gasteiger partial charge is 0.481 e. The van der Waals surface area contributed by atoms with E-state index < -0.39 is 11.4 Å². The molecule has 1 unspecified atom stereocenters. The minimum atomic E-state index is -1.17. The maximum absolute atomic E-state index is 12.5. The van der Waals surface area contributed by atoms with Gasteiger partial charge in [0.05, 0.1) is 5.56 Å². The Morgan fingerprint density at radius 2 is 1.83 bits per heavy atom. The van der Waals surface area contributed by atoms with Crippen molar-refractivity contribution < 1.29 is 14.7 Å². The number of amides is 1. The van der Waals surface area contributed by atoms with Crippen molar-refractivity contribution in [2.75, 3.05) is 6.54 Å². The number of aromatic nitrogens is 1. The number of carbonyl (C=O) groups excluding carboxylic acids is 1. The molecule has 2 N–H and O–H groups in total. The summed E-state index contributed by atoms with van der Waals surface area (Å²) in [5.74, 6) is -1.21. The molecule has 24 heavy (non-hydrogen) atoms. The van der Waals surface area contributed by atoms with E-state index in [-0.39, 0.29) is 12.5 Å². The first-order valence-electron chi connectivity index (χ1n) is 8.05. The molecule has 1 heterocycles. The summed E-state index contributed by atoms with van der Waals surface area (Å²) >= 11 is 0. The first-order valence-corrected chi connectivity index (χ1v) is 8.05. The maximum Gasteiger partial charge on any atom is 0.315 e. The normalized spacial score (nSPS) is 13.3. The monoisotopic (exact) mass is 328 g/mol. The van der Waals surface area contributed by atoms with Gasteiger partial charge in [0.15, 0.2) is 0 Å². The van der Waals surface area contributed by atoms with Gasteiger partial charge in [0.1, 0.15) is 5.41 Å². The molecule has 1 aromatic carbocycles. The molecule has 2 aromatic rings. The van der Waals surface area contributed by atoms with Crippen LogP contribution < -0.4 is 5.32 Å². The molecule has 0 aliphatic heterocycles. The lowest BCUT2D eigenvalue weighted by molar-refractivity contribution is -0.142. The molecule has 0 bridgehead atoms. The fourth-order valence-electron chi connectivity index (χ4n) is 2.98. The van der Waals surface area contributed by atoms with Crippen molar-refractivity contribution in [1.29, 1.82) is 0 Å². The van der Waals surface area contributed by atoms with Gasteiger partial charge in [-0.15, -0.1) is 0 Å². The zero-order chi connectivity index (χ0) is 17.9. The number of hydrogen-bond donors (Lipinski definition) is 2. The Balaban J connectivity index is 2.22. The fourth-order valence-corrected chi connectivity index (χ4v) is 2.98. The van der Waals surface area contributed by atoms with Crippen LogP contribution in [0.4, 0.5) is 0 Å². The molecule has 128 valence electrons. The number of aryl methyl sites for hydroxylation is 1. The first kappa shape index (κ1) is 17.8. The van der Waals surface area contributed by atoms with Gasteiger partial charge in [0.25, 0.3) is 5.91 Å². The molecule has 1 amide bonds. The molecule has 0 aliphatic carbocycles. The van der Waals surface area contributed by atoms with Gasteiger partial charge in [0.2, 0.25) is 0 Å². The van der Waals surface area contributed by atoms with Gasteiger partial charge in [-0.05, 0) is 39.3 Å². The minimum absolute atomic E-state index is 0.0287. The van der Waals surface area contributed by atoms with Gasteiger partial charge in [-0.1, -0.05) is 30.3 Å². The summed E-state index contributed by atoms with van der Waals surface area (Å²) in [7, 11) is 0. The molecule has 1 atom stereocenters. The molecular weight excluding hydrogens is 304 g/mol. The number of nitrogens with zero attached hydrogens (tertiary/aromatic N) is 1. The highest BCUT2D eigenvalue weighted by atomic mass is 16.4. The Morgan fingerprint density at radius 3 is 2.33 bits per heavy atom. The van der Waals surface area contributed by atoms with Crippen LogP contribution in [-0.2, 0) is 16.8 Å². The summed E-state index contributed by atoms with van der Waals surface area (Å²) in [5, 5.41) is 12.4. The third-order valence-electron chi connectivity index (χ3n) is 4.62. The summed E-state index contributed by atoms with van der Waals surface area (Å²) < 4.78 is 2.06. The third kappa shape index (κ3) is 3.20. The van der Waals surface area contributed by atoms with Crippen LogP contribution in [0.3, 0.4) is 0 Å². The number of carbonyl (C=O) groups is 2. The van der Waals surface area contributed by atoms with Crippen LogP contribution in [0.15, 0.2) is 36.4 Å². The lowest BCUT2D eigenvalue weighted by Crippen LogP contribution is -2.44. The van der Waals surface area contributed by atoms with Crippen molar-refractivity contribution in [3.05, 3.63) is 58.9 Å². The summed E-state index contributed by atoms with van der Waals surface area (Å²) in [6.07, 6.45) is 0. The fraction of sp³-hybridized carbons (Fsp3) is 0.368. The summed E-state index contributed by atoms with van der Waals surface area (Å²) in [5.41, 5.74) is 1.99. The van der Waals surface area contributed by atoms with E-state index in [9.17, 15) is 14.7 Å². The number of benzene rings is 1. The van der Waals surface area contributed by atoms with E-state index in [1.54, 1.807) is 31.2 Å². The standard InChI is InChI=1S/C19H24N2O3/c1-5-21-13(2)11-16(14(21)3)17(22)20-12-19(4,18(23)24)15-9-7-6-8-10-15/h6-11H,5,12H2,1-4H3,(H,20,22)(H,23,24). The Labute approximate surface area is 142 Å². The van der Waals surface area contributed by atoms with Crippen molar-refractivity contribution in [1.82, 2.24) is 9.88 Å². The lowest BCUT2D eigenvalue weighted by atomic mass is 9.82. The van der Waals surface area contributed by atoms with E-state index in [2.05, 4.69) is 9.88 Å². The van der Waals surface area contributed by atoms with Gasteiger partial charge in [-0.3, -0.25) is 9.59 Å². The van der Waals surface area contributed by atoms with Crippen LogP contribution in [-0.4, -0.2) is 28.1 Å². The highest BCUT2D eigenvalue weighted by molar-refractivity contribution is 5.96. The van der Waals surface area contributed by atoms with Gasteiger partial charge >= 0.3 is 5.97 Å². The SMILES string of the molecule is CCn1c(C)cc(C(=O)NCC(C)(C(=O)O)c2ccccc2)c1C. The maximum atomic E-state index is 12.5. The second-order valence-corrected chi connectivity index (χ2v) is 6.22. The quantitative estimate of drug-likeness (QED) is 0.856. The highest BCUT2D eigenvalue weighted by Gasteiger charge is 2.35. The van der Waals surface area contributed by atoms with Crippen LogP contribution in [0.5, 0.6) is 0 Å². The van der Waals surface area contributed by atoms with Gasteiger partial charge in [-0.25, -0.2) is 0 Å². The second kappa shape index (κ2) is 6.91. The number of hydrogen-bond acceptors (Lipinski definition) is 2. The molecule has 0 saturated carbocycles. The lowest BCUT2D eigenvalue weighted by Gasteiger charge is -2.25. The van der Waals surface area contributed by atoms with Crippen molar-refractivity contribution in [2.45, 2.75) is 39.7 Å². The predicted molar refractivity (Wildman–Crippen MR) is 93.3 cm³/mol. The van der Waals surface area contributed by atoms with Crippen LogP contribution in [0.25, 0.3) is 0 Å². The molecule has 5 nitrogen and oxygen atoms in total. The zero-order valence-corrected chi connectivity index (χ0v) is 14.6. The van der Waals surface area contributed by atoms with Crippen LogP contribution in [0, 0.1) is 13.8 Å². The number of carboxylic acid groups (broad SMARTS) is 1.